The van der Waals surface area contributed by atoms with Crippen LogP contribution in [-0.4, -0.2) is 24.5 Å². The molecule has 1 amide bonds. The number of carbonyl (C=O) groups is 1. The van der Waals surface area contributed by atoms with E-state index in [0.717, 1.165) is 34.6 Å². The van der Waals surface area contributed by atoms with Gasteiger partial charge in [0.25, 0.3) is 0 Å². The Balaban J connectivity index is 1.76. The Morgan fingerprint density at radius 3 is 2.45 bits per heavy atom. The van der Waals surface area contributed by atoms with Crippen LogP contribution in [0.3, 0.4) is 0 Å². The van der Waals surface area contributed by atoms with Crippen LogP contribution in [0.25, 0.3) is 11.1 Å². The summed E-state index contributed by atoms with van der Waals surface area (Å²) in [7, 11) is 1.63. The maximum absolute atomic E-state index is 12.7. The van der Waals surface area contributed by atoms with E-state index in [1.54, 1.807) is 13.3 Å². The van der Waals surface area contributed by atoms with Crippen molar-refractivity contribution in [2.24, 2.45) is 0 Å². The molecular weight excluding hydrogens is 362 g/mol. The van der Waals surface area contributed by atoms with Gasteiger partial charge in [0, 0.05) is 41.4 Å². The molecule has 5 nitrogen and oxygen atoms in total. The third-order valence-electron chi connectivity index (χ3n) is 4.86. The van der Waals surface area contributed by atoms with Crippen molar-refractivity contribution >= 4 is 17.3 Å². The second kappa shape index (κ2) is 9.24. The SMILES string of the molecule is CCNc1ccc(C(C)C(=O)Nc2ccc(-c3ccnc(C)c3)c(OC)c2)cc1. The van der Waals surface area contributed by atoms with E-state index in [9.17, 15) is 4.79 Å². The number of pyridine rings is 1. The van der Waals surface area contributed by atoms with Crippen LogP contribution in [0.5, 0.6) is 5.75 Å². The number of anilines is 2. The van der Waals surface area contributed by atoms with Crippen molar-refractivity contribution in [2.75, 3.05) is 24.3 Å². The minimum Gasteiger partial charge on any atom is -0.496 e. The van der Waals surface area contributed by atoms with Crippen LogP contribution >= 0.6 is 0 Å². The van der Waals surface area contributed by atoms with Crippen LogP contribution in [-0.2, 0) is 4.79 Å². The van der Waals surface area contributed by atoms with E-state index < -0.39 is 0 Å². The molecule has 0 aliphatic rings. The molecule has 1 atom stereocenters. The van der Waals surface area contributed by atoms with Crippen LogP contribution in [0.1, 0.15) is 31.0 Å². The van der Waals surface area contributed by atoms with Gasteiger partial charge in [0.05, 0.1) is 13.0 Å². The summed E-state index contributed by atoms with van der Waals surface area (Å²) < 4.78 is 5.56. The largest absolute Gasteiger partial charge is 0.496 e. The minimum absolute atomic E-state index is 0.0595. The quantitative estimate of drug-likeness (QED) is 0.580. The van der Waals surface area contributed by atoms with Crippen molar-refractivity contribution in [1.82, 2.24) is 4.98 Å². The number of ether oxygens (including phenoxy) is 1. The average molecular weight is 389 g/mol. The van der Waals surface area contributed by atoms with E-state index in [2.05, 4.69) is 22.5 Å². The maximum Gasteiger partial charge on any atom is 0.231 e. The highest BCUT2D eigenvalue weighted by atomic mass is 16.5. The van der Waals surface area contributed by atoms with Gasteiger partial charge in [-0.15, -0.1) is 0 Å². The Bertz CT molecular complexity index is 984. The van der Waals surface area contributed by atoms with Crippen molar-refractivity contribution in [1.29, 1.82) is 0 Å². The number of benzene rings is 2. The molecule has 0 bridgehead atoms. The highest BCUT2D eigenvalue weighted by Crippen LogP contribution is 2.33. The minimum atomic E-state index is -0.265. The fourth-order valence-electron chi connectivity index (χ4n) is 3.22. The van der Waals surface area contributed by atoms with E-state index in [-0.39, 0.29) is 11.8 Å². The van der Waals surface area contributed by atoms with E-state index in [1.807, 2.05) is 68.4 Å². The van der Waals surface area contributed by atoms with Crippen molar-refractivity contribution < 1.29 is 9.53 Å². The number of hydrogen-bond acceptors (Lipinski definition) is 4. The second-order valence-corrected chi connectivity index (χ2v) is 6.96. The first kappa shape index (κ1) is 20.4. The molecule has 150 valence electrons. The van der Waals surface area contributed by atoms with Gasteiger partial charge in [-0.2, -0.15) is 0 Å². The summed E-state index contributed by atoms with van der Waals surface area (Å²) in [5.74, 6) is 0.381. The number of nitrogens with one attached hydrogen (secondary N) is 2. The molecule has 0 saturated heterocycles. The Kier molecular flexibility index (Phi) is 6.50. The number of carbonyl (C=O) groups excluding carboxylic acids is 1. The lowest BCUT2D eigenvalue weighted by atomic mass is 9.99. The Morgan fingerprint density at radius 1 is 1.07 bits per heavy atom. The van der Waals surface area contributed by atoms with Gasteiger partial charge in [-0.1, -0.05) is 12.1 Å². The number of amides is 1. The van der Waals surface area contributed by atoms with Gasteiger partial charge in [-0.05, 0) is 68.3 Å². The van der Waals surface area contributed by atoms with Crippen molar-refractivity contribution in [3.05, 3.63) is 72.1 Å². The predicted molar refractivity (Wildman–Crippen MR) is 119 cm³/mol. The first-order chi connectivity index (χ1) is 14.0. The average Bonchev–Trinajstić information content (AvgIpc) is 2.74. The van der Waals surface area contributed by atoms with E-state index in [1.165, 1.54) is 0 Å². The van der Waals surface area contributed by atoms with Crippen LogP contribution in [0, 0.1) is 6.92 Å². The lowest BCUT2D eigenvalue weighted by Crippen LogP contribution is -2.18. The zero-order valence-electron chi connectivity index (χ0n) is 17.3. The summed E-state index contributed by atoms with van der Waals surface area (Å²) in [6.07, 6.45) is 1.78. The highest BCUT2D eigenvalue weighted by molar-refractivity contribution is 5.96. The monoisotopic (exact) mass is 389 g/mol. The number of aryl methyl sites for hydroxylation is 1. The maximum atomic E-state index is 12.7. The highest BCUT2D eigenvalue weighted by Gasteiger charge is 2.16. The first-order valence-electron chi connectivity index (χ1n) is 9.77. The van der Waals surface area contributed by atoms with E-state index in [4.69, 9.17) is 4.74 Å². The molecule has 2 aromatic carbocycles. The molecule has 0 fully saturated rings. The van der Waals surface area contributed by atoms with Crippen LogP contribution in [0.2, 0.25) is 0 Å². The smallest absolute Gasteiger partial charge is 0.231 e. The fourth-order valence-corrected chi connectivity index (χ4v) is 3.22. The van der Waals surface area contributed by atoms with Gasteiger partial charge >= 0.3 is 0 Å². The molecule has 29 heavy (non-hydrogen) atoms. The number of hydrogen-bond donors (Lipinski definition) is 2. The number of rotatable bonds is 7. The third kappa shape index (κ3) is 4.93. The van der Waals surface area contributed by atoms with Gasteiger partial charge in [0.15, 0.2) is 0 Å². The van der Waals surface area contributed by atoms with Crippen LogP contribution in [0.15, 0.2) is 60.8 Å². The lowest BCUT2D eigenvalue weighted by molar-refractivity contribution is -0.117. The van der Waals surface area contributed by atoms with Crippen molar-refractivity contribution in [2.45, 2.75) is 26.7 Å². The molecule has 0 aliphatic carbocycles. The number of aromatic nitrogens is 1. The molecule has 1 aromatic heterocycles. The molecule has 3 aromatic rings. The summed E-state index contributed by atoms with van der Waals surface area (Å²) in [6.45, 7) is 6.78. The molecule has 0 radical (unpaired) electrons. The predicted octanol–water partition coefficient (Wildman–Crippen LogP) is 5.24. The summed E-state index contributed by atoms with van der Waals surface area (Å²) in [5.41, 5.74) is 5.66. The summed E-state index contributed by atoms with van der Waals surface area (Å²) >= 11 is 0. The molecular formula is C24H27N3O2. The normalized spacial score (nSPS) is 11.6. The number of nitrogens with zero attached hydrogens (tertiary/aromatic N) is 1. The van der Waals surface area contributed by atoms with Gasteiger partial charge in [0.1, 0.15) is 5.75 Å². The third-order valence-corrected chi connectivity index (χ3v) is 4.86. The molecule has 1 heterocycles. The Hall–Kier alpha value is -3.34. The molecule has 2 N–H and O–H groups in total. The molecule has 0 saturated carbocycles. The molecule has 5 heteroatoms. The Labute approximate surface area is 172 Å². The van der Waals surface area contributed by atoms with Gasteiger partial charge in [0.2, 0.25) is 5.91 Å². The van der Waals surface area contributed by atoms with Gasteiger partial charge in [-0.3, -0.25) is 9.78 Å². The topological polar surface area (TPSA) is 63.2 Å². The van der Waals surface area contributed by atoms with Gasteiger partial charge in [-0.25, -0.2) is 0 Å². The fraction of sp³-hybridized carbons (Fsp3) is 0.250. The zero-order chi connectivity index (χ0) is 20.8. The standard InChI is InChI=1S/C24H27N3O2/c1-5-25-20-8-6-18(7-9-20)17(3)24(28)27-21-10-11-22(23(15-21)29-4)19-12-13-26-16(2)14-19/h6-15,17,25H,5H2,1-4H3,(H,27,28). The van der Waals surface area contributed by atoms with Crippen molar-refractivity contribution in [3.8, 4) is 16.9 Å². The lowest BCUT2D eigenvalue weighted by Gasteiger charge is -2.15. The molecule has 3 rings (SSSR count). The zero-order valence-corrected chi connectivity index (χ0v) is 17.3. The summed E-state index contributed by atoms with van der Waals surface area (Å²) in [5, 5.41) is 6.26. The van der Waals surface area contributed by atoms with Gasteiger partial charge < -0.3 is 15.4 Å². The molecule has 0 aliphatic heterocycles. The van der Waals surface area contributed by atoms with E-state index in [0.29, 0.717) is 11.4 Å². The Morgan fingerprint density at radius 2 is 1.79 bits per heavy atom. The summed E-state index contributed by atoms with van der Waals surface area (Å²) in [4.78, 5) is 17.0. The number of methoxy groups -OCH3 is 1. The second-order valence-electron chi connectivity index (χ2n) is 6.96. The first-order valence-corrected chi connectivity index (χ1v) is 9.77. The van der Waals surface area contributed by atoms with E-state index >= 15 is 0 Å². The summed E-state index contributed by atoms with van der Waals surface area (Å²) in [6, 6.07) is 17.6. The molecule has 1 unspecified atom stereocenters. The van der Waals surface area contributed by atoms with Crippen LogP contribution < -0.4 is 15.4 Å². The molecule has 0 spiro atoms. The van der Waals surface area contributed by atoms with Crippen LogP contribution in [0.4, 0.5) is 11.4 Å². The van der Waals surface area contributed by atoms with Crippen molar-refractivity contribution in [3.63, 3.8) is 0 Å².